The summed E-state index contributed by atoms with van der Waals surface area (Å²) in [5.74, 6) is -4.67. The first-order valence-corrected chi connectivity index (χ1v) is 12.3. The van der Waals surface area contributed by atoms with Crippen molar-refractivity contribution in [3.05, 3.63) is 52.2 Å². The third-order valence-corrected chi connectivity index (χ3v) is 6.40. The zero-order valence-electron chi connectivity index (χ0n) is 19.4. The highest BCUT2D eigenvalue weighted by atomic mass is 32.2. The molecule has 8 nitrogen and oxygen atoms in total. The molecule has 6 N–H and O–H groups in total. The molecule has 210 valence electrons. The van der Waals surface area contributed by atoms with Crippen LogP contribution in [-0.2, 0) is 9.59 Å². The molecule has 1 amide bonds. The molecule has 1 aromatic heterocycles. The number of anilines is 1. The van der Waals surface area contributed by atoms with Gasteiger partial charge in [-0.05, 0) is 54.9 Å². The van der Waals surface area contributed by atoms with Crippen LogP contribution in [0.25, 0.3) is 5.57 Å². The summed E-state index contributed by atoms with van der Waals surface area (Å²) >= 11 is 3.27. The molecule has 0 atom stereocenters. The zero-order valence-corrected chi connectivity index (χ0v) is 21.0. The average Bonchev–Trinajstić information content (AvgIpc) is 3.34. The van der Waals surface area contributed by atoms with Crippen molar-refractivity contribution in [2.45, 2.75) is 23.7 Å². The number of amides is 1. The SMILES string of the molecule is NCCSc1ccc(NC(=O)c2ccc(C3=CCNCC3)s2)cc1.O=C(O)C(F)(F)F.O=C(O)C(F)(F)F. The molecule has 0 aliphatic carbocycles. The molecule has 2 heterocycles. The molecule has 0 fully saturated rings. The fourth-order valence-electron chi connectivity index (χ4n) is 2.48. The van der Waals surface area contributed by atoms with E-state index >= 15 is 0 Å². The predicted octanol–water partition coefficient (Wildman–Crippen LogP) is 4.69. The van der Waals surface area contributed by atoms with Gasteiger partial charge in [-0.3, -0.25) is 4.79 Å². The number of halogens is 6. The van der Waals surface area contributed by atoms with Gasteiger partial charge < -0.3 is 26.6 Å². The van der Waals surface area contributed by atoms with E-state index in [9.17, 15) is 31.1 Å². The normalized spacial score (nSPS) is 13.2. The van der Waals surface area contributed by atoms with Gasteiger partial charge in [0.2, 0.25) is 0 Å². The molecule has 1 aliphatic rings. The molecule has 1 aliphatic heterocycles. The van der Waals surface area contributed by atoms with E-state index in [0.717, 1.165) is 40.7 Å². The molecule has 0 saturated heterocycles. The Balaban J connectivity index is 0.000000426. The molecule has 0 bridgehead atoms. The van der Waals surface area contributed by atoms with Gasteiger partial charge in [0.15, 0.2) is 0 Å². The highest BCUT2D eigenvalue weighted by Gasteiger charge is 2.38. The lowest BCUT2D eigenvalue weighted by atomic mass is 10.1. The Kier molecular flexibility index (Phi) is 13.3. The number of hydrogen-bond donors (Lipinski definition) is 5. The average molecular weight is 588 g/mol. The van der Waals surface area contributed by atoms with Crippen molar-refractivity contribution in [2.24, 2.45) is 5.73 Å². The summed E-state index contributed by atoms with van der Waals surface area (Å²) in [6.07, 6.45) is -6.95. The van der Waals surface area contributed by atoms with Gasteiger partial charge in [-0.25, -0.2) is 9.59 Å². The van der Waals surface area contributed by atoms with E-state index in [1.807, 2.05) is 36.4 Å². The number of rotatable bonds is 6. The molecule has 0 unspecified atom stereocenters. The van der Waals surface area contributed by atoms with Gasteiger partial charge in [0, 0.05) is 34.3 Å². The van der Waals surface area contributed by atoms with Crippen LogP contribution in [0.3, 0.4) is 0 Å². The quantitative estimate of drug-likeness (QED) is 0.242. The summed E-state index contributed by atoms with van der Waals surface area (Å²) in [6, 6.07) is 11.8. The van der Waals surface area contributed by atoms with Gasteiger partial charge in [-0.1, -0.05) is 6.08 Å². The van der Waals surface area contributed by atoms with Crippen LogP contribution >= 0.6 is 23.1 Å². The Labute approximate surface area is 220 Å². The molecule has 0 saturated carbocycles. The number of hydrogen-bond acceptors (Lipinski definition) is 7. The van der Waals surface area contributed by atoms with E-state index in [1.54, 1.807) is 23.1 Å². The van der Waals surface area contributed by atoms with Gasteiger partial charge in [-0.15, -0.1) is 23.1 Å². The second-order valence-electron chi connectivity index (χ2n) is 7.07. The van der Waals surface area contributed by atoms with Crippen molar-refractivity contribution in [3.63, 3.8) is 0 Å². The Morgan fingerprint density at radius 3 is 1.97 bits per heavy atom. The maximum atomic E-state index is 12.4. The van der Waals surface area contributed by atoms with Gasteiger partial charge >= 0.3 is 24.3 Å². The van der Waals surface area contributed by atoms with Crippen LogP contribution in [0.1, 0.15) is 21.0 Å². The Morgan fingerprint density at radius 2 is 1.53 bits per heavy atom. The lowest BCUT2D eigenvalue weighted by Crippen LogP contribution is -2.21. The molecule has 16 heteroatoms. The molecule has 38 heavy (non-hydrogen) atoms. The number of thiophene rings is 1. The number of carboxylic acid groups (broad SMARTS) is 2. The van der Waals surface area contributed by atoms with Crippen molar-refractivity contribution >= 4 is 52.2 Å². The van der Waals surface area contributed by atoms with Crippen LogP contribution in [0, 0.1) is 0 Å². The van der Waals surface area contributed by atoms with E-state index in [0.29, 0.717) is 6.54 Å². The van der Waals surface area contributed by atoms with E-state index < -0.39 is 24.3 Å². The summed E-state index contributed by atoms with van der Waals surface area (Å²) in [4.78, 5) is 33.3. The number of alkyl halides is 6. The fraction of sp³-hybridized carbons (Fsp3) is 0.318. The Bertz CT molecular complexity index is 1080. The number of carboxylic acids is 2. The number of aliphatic carboxylic acids is 2. The van der Waals surface area contributed by atoms with Crippen LogP contribution < -0.4 is 16.4 Å². The fourth-order valence-corrected chi connectivity index (χ4v) is 4.13. The van der Waals surface area contributed by atoms with E-state index in [4.69, 9.17) is 25.5 Å². The van der Waals surface area contributed by atoms with E-state index in [-0.39, 0.29) is 5.91 Å². The molecule has 2 aromatic rings. The third kappa shape index (κ3) is 12.4. The minimum atomic E-state index is -5.08. The molecule has 0 radical (unpaired) electrons. The standard InChI is InChI=1S/C18H21N3OS2.2C2HF3O2/c19-9-12-23-15-3-1-14(2-4-15)21-18(22)17-6-5-16(24-17)13-7-10-20-11-8-13;2*3-2(4,5)1(6)7/h1-7,20H,8-12,19H2,(H,21,22);2*(H,6,7). The van der Waals surface area contributed by atoms with Crippen LogP contribution in [0.4, 0.5) is 32.0 Å². The maximum absolute atomic E-state index is 12.4. The van der Waals surface area contributed by atoms with Crippen molar-refractivity contribution in [1.82, 2.24) is 5.32 Å². The van der Waals surface area contributed by atoms with Crippen molar-refractivity contribution in [3.8, 4) is 0 Å². The number of thioether (sulfide) groups is 1. The van der Waals surface area contributed by atoms with Crippen molar-refractivity contribution in [2.75, 3.05) is 30.7 Å². The highest BCUT2D eigenvalue weighted by Crippen LogP contribution is 2.28. The van der Waals surface area contributed by atoms with Crippen LogP contribution in [0.5, 0.6) is 0 Å². The van der Waals surface area contributed by atoms with Gasteiger partial charge in [0.1, 0.15) is 0 Å². The maximum Gasteiger partial charge on any atom is 0.490 e. The minimum absolute atomic E-state index is 0.0526. The summed E-state index contributed by atoms with van der Waals surface area (Å²) in [6.45, 7) is 2.57. The van der Waals surface area contributed by atoms with Crippen LogP contribution in [0.2, 0.25) is 0 Å². The van der Waals surface area contributed by atoms with Gasteiger partial charge in [0.05, 0.1) is 4.88 Å². The number of nitrogens with two attached hydrogens (primary N) is 1. The summed E-state index contributed by atoms with van der Waals surface area (Å²) < 4.78 is 63.5. The Morgan fingerprint density at radius 1 is 0.974 bits per heavy atom. The summed E-state index contributed by atoms with van der Waals surface area (Å²) in [5, 5.41) is 20.5. The minimum Gasteiger partial charge on any atom is -0.475 e. The van der Waals surface area contributed by atoms with E-state index in [1.165, 1.54) is 10.5 Å². The van der Waals surface area contributed by atoms with E-state index in [2.05, 4.69) is 16.7 Å². The van der Waals surface area contributed by atoms with Gasteiger partial charge in [-0.2, -0.15) is 26.3 Å². The van der Waals surface area contributed by atoms with Crippen molar-refractivity contribution in [1.29, 1.82) is 0 Å². The second kappa shape index (κ2) is 15.4. The molecule has 1 aromatic carbocycles. The lowest BCUT2D eigenvalue weighted by molar-refractivity contribution is -0.193. The summed E-state index contributed by atoms with van der Waals surface area (Å²) in [7, 11) is 0. The van der Waals surface area contributed by atoms with Crippen LogP contribution in [-0.4, -0.2) is 65.8 Å². The predicted molar refractivity (Wildman–Crippen MR) is 131 cm³/mol. The first kappa shape index (κ1) is 32.9. The largest absolute Gasteiger partial charge is 0.490 e. The first-order valence-electron chi connectivity index (χ1n) is 10.5. The highest BCUT2D eigenvalue weighted by molar-refractivity contribution is 7.99. The second-order valence-corrected chi connectivity index (χ2v) is 9.32. The molecular weight excluding hydrogens is 564 g/mol. The summed E-state index contributed by atoms with van der Waals surface area (Å²) in [5.41, 5.74) is 7.65. The van der Waals surface area contributed by atoms with Crippen molar-refractivity contribution < 1.29 is 50.9 Å². The number of carbonyl (C=O) groups is 3. The van der Waals surface area contributed by atoms with Crippen LogP contribution in [0.15, 0.2) is 47.4 Å². The smallest absolute Gasteiger partial charge is 0.475 e. The Hall–Kier alpha value is -3.08. The third-order valence-electron chi connectivity index (χ3n) is 4.19. The number of carbonyl (C=O) groups excluding carboxylic acids is 1. The van der Waals surface area contributed by atoms with Gasteiger partial charge in [0.25, 0.3) is 5.91 Å². The topological polar surface area (TPSA) is 142 Å². The molecule has 3 rings (SSSR count). The first-order chi connectivity index (χ1) is 17.6. The zero-order chi connectivity index (χ0) is 28.9. The molecular formula is C22H23F6N3O5S2. The monoisotopic (exact) mass is 587 g/mol. The lowest BCUT2D eigenvalue weighted by Gasteiger charge is -2.12. The number of benzene rings is 1. The molecule has 0 spiro atoms. The number of nitrogens with one attached hydrogen (secondary N) is 2.